The summed E-state index contributed by atoms with van der Waals surface area (Å²) < 4.78 is 31.8. The van der Waals surface area contributed by atoms with Gasteiger partial charge in [0, 0.05) is 10.0 Å². The molecule has 28 heavy (non-hydrogen) atoms. The van der Waals surface area contributed by atoms with E-state index in [4.69, 9.17) is 39.5 Å². The Kier molecular flexibility index (Phi) is 6.57. The molecule has 1 N–H and O–H groups in total. The van der Waals surface area contributed by atoms with Crippen molar-refractivity contribution in [3.8, 4) is 0 Å². The predicted octanol–water partition coefficient (Wildman–Crippen LogP) is 4.87. The largest absolute Gasteiger partial charge is 0.481 e. The Morgan fingerprint density at radius 1 is 1.04 bits per heavy atom. The summed E-state index contributed by atoms with van der Waals surface area (Å²) in [5, 5.41) is 9.55. The molecule has 3 atom stereocenters. The number of aliphatic carboxylic acids is 1. The quantitative estimate of drug-likeness (QED) is 0.661. The number of carbonyl (C=O) groups is 1. The fourth-order valence-corrected chi connectivity index (χ4v) is 6.03. The van der Waals surface area contributed by atoms with Gasteiger partial charge < -0.3 is 9.84 Å². The van der Waals surface area contributed by atoms with E-state index in [-0.39, 0.29) is 29.4 Å². The molecule has 0 amide bonds. The maximum absolute atomic E-state index is 13.0. The molecule has 0 aliphatic heterocycles. The van der Waals surface area contributed by atoms with Crippen molar-refractivity contribution in [2.75, 3.05) is 0 Å². The number of carboxylic acids is 1. The minimum atomic E-state index is -3.83. The van der Waals surface area contributed by atoms with Gasteiger partial charge in [-0.2, -0.15) is 0 Å². The Labute approximate surface area is 178 Å². The monoisotopic (exact) mass is 462 g/mol. The lowest BCUT2D eigenvalue weighted by Crippen LogP contribution is -2.25. The van der Waals surface area contributed by atoms with Gasteiger partial charge in [0.15, 0.2) is 9.84 Å². The molecule has 0 radical (unpaired) electrons. The number of benzene rings is 2. The summed E-state index contributed by atoms with van der Waals surface area (Å²) >= 11 is 17.7. The van der Waals surface area contributed by atoms with Crippen LogP contribution in [0.1, 0.15) is 18.4 Å². The molecule has 2 aromatic rings. The fourth-order valence-electron chi connectivity index (χ4n) is 3.32. The highest BCUT2D eigenvalue weighted by molar-refractivity contribution is 7.92. The Hall–Kier alpha value is -1.31. The van der Waals surface area contributed by atoms with E-state index in [1.165, 1.54) is 18.2 Å². The van der Waals surface area contributed by atoms with Gasteiger partial charge in [-0.05, 0) is 48.7 Å². The lowest BCUT2D eigenvalue weighted by atomic mass is 10.1. The van der Waals surface area contributed by atoms with Crippen LogP contribution in [0.2, 0.25) is 15.1 Å². The molecule has 0 saturated heterocycles. The highest BCUT2D eigenvalue weighted by Crippen LogP contribution is 2.38. The van der Waals surface area contributed by atoms with E-state index < -0.39 is 33.1 Å². The summed E-state index contributed by atoms with van der Waals surface area (Å²) in [5.41, 5.74) is 0.820. The van der Waals surface area contributed by atoms with E-state index in [0.29, 0.717) is 10.0 Å². The molecule has 1 aliphatic rings. The van der Waals surface area contributed by atoms with Gasteiger partial charge in [0.1, 0.15) is 0 Å². The zero-order valence-electron chi connectivity index (χ0n) is 14.5. The third kappa shape index (κ3) is 4.63. The van der Waals surface area contributed by atoms with Crippen molar-refractivity contribution in [3.05, 3.63) is 63.1 Å². The van der Waals surface area contributed by atoms with Crippen LogP contribution in [0, 0.1) is 5.92 Å². The number of carboxylic acid groups (broad SMARTS) is 1. The average Bonchev–Trinajstić information content (AvgIpc) is 3.06. The smallest absolute Gasteiger partial charge is 0.309 e. The van der Waals surface area contributed by atoms with Gasteiger partial charge in [-0.3, -0.25) is 4.79 Å². The molecule has 0 unspecified atom stereocenters. The van der Waals surface area contributed by atoms with E-state index in [2.05, 4.69) is 0 Å². The van der Waals surface area contributed by atoms with Crippen molar-refractivity contribution in [3.63, 3.8) is 0 Å². The van der Waals surface area contributed by atoms with Crippen LogP contribution in [0.5, 0.6) is 0 Å². The first-order valence-electron chi connectivity index (χ1n) is 8.46. The summed E-state index contributed by atoms with van der Waals surface area (Å²) in [6.07, 6.45) is -0.688. The Morgan fingerprint density at radius 3 is 2.29 bits per heavy atom. The Balaban J connectivity index is 1.78. The standard InChI is InChI=1S/C19H17Cl3O5S/c20-12-3-1-11(2-4-12)10-27-17-9-14(8-15(17)19(23)24)28(25,26)18-6-5-13(21)7-16(18)22/h1-7,14-15,17H,8-10H2,(H,23,24)/t14-,15-,17-/m0/s1. The fraction of sp³-hybridized carbons (Fsp3) is 0.316. The summed E-state index contributed by atoms with van der Waals surface area (Å²) in [7, 11) is -3.83. The maximum atomic E-state index is 13.0. The molecule has 0 aromatic heterocycles. The molecule has 1 aliphatic carbocycles. The molecule has 0 bridgehead atoms. The molecule has 5 nitrogen and oxygen atoms in total. The molecular weight excluding hydrogens is 447 g/mol. The van der Waals surface area contributed by atoms with Gasteiger partial charge >= 0.3 is 5.97 Å². The maximum Gasteiger partial charge on any atom is 0.309 e. The highest BCUT2D eigenvalue weighted by atomic mass is 35.5. The van der Waals surface area contributed by atoms with Crippen LogP contribution in [-0.4, -0.2) is 30.8 Å². The van der Waals surface area contributed by atoms with Crippen LogP contribution >= 0.6 is 34.8 Å². The van der Waals surface area contributed by atoms with Gasteiger partial charge in [-0.15, -0.1) is 0 Å². The topological polar surface area (TPSA) is 80.7 Å². The summed E-state index contributed by atoms with van der Waals surface area (Å²) in [5.74, 6) is -2.00. The first kappa shape index (κ1) is 21.4. The molecule has 9 heteroatoms. The van der Waals surface area contributed by atoms with Gasteiger partial charge in [0.05, 0.1) is 33.8 Å². The number of hydrogen-bond donors (Lipinski definition) is 1. The van der Waals surface area contributed by atoms with Crippen molar-refractivity contribution in [2.24, 2.45) is 5.92 Å². The van der Waals surface area contributed by atoms with E-state index >= 15 is 0 Å². The molecule has 1 fully saturated rings. The van der Waals surface area contributed by atoms with Gasteiger partial charge in [0.2, 0.25) is 0 Å². The second-order valence-corrected chi connectivity index (χ2v) is 10.1. The number of rotatable bonds is 6. The van der Waals surface area contributed by atoms with Crippen molar-refractivity contribution in [1.82, 2.24) is 0 Å². The molecule has 2 aromatic carbocycles. The second kappa shape index (κ2) is 8.59. The van der Waals surface area contributed by atoms with E-state index in [0.717, 1.165) is 5.56 Å². The zero-order chi connectivity index (χ0) is 20.5. The summed E-state index contributed by atoms with van der Waals surface area (Å²) in [4.78, 5) is 11.6. The third-order valence-corrected chi connectivity index (χ3v) is 7.94. The Bertz CT molecular complexity index is 976. The molecule has 3 rings (SSSR count). The van der Waals surface area contributed by atoms with Crippen LogP contribution in [0.25, 0.3) is 0 Å². The van der Waals surface area contributed by atoms with Crippen LogP contribution < -0.4 is 0 Å². The average molecular weight is 464 g/mol. The van der Waals surface area contributed by atoms with E-state index in [1.54, 1.807) is 24.3 Å². The normalized spacial score (nSPS) is 22.3. The predicted molar refractivity (Wildman–Crippen MR) is 108 cm³/mol. The van der Waals surface area contributed by atoms with E-state index in [9.17, 15) is 18.3 Å². The van der Waals surface area contributed by atoms with E-state index in [1.807, 2.05) is 0 Å². The zero-order valence-corrected chi connectivity index (χ0v) is 17.6. The van der Waals surface area contributed by atoms with Gasteiger partial charge in [0.25, 0.3) is 0 Å². The van der Waals surface area contributed by atoms with Crippen LogP contribution in [0.4, 0.5) is 0 Å². The van der Waals surface area contributed by atoms with Crippen molar-refractivity contribution in [2.45, 2.75) is 35.7 Å². The SMILES string of the molecule is O=C(O)[C@H]1C[C@H](S(=O)(=O)c2ccc(Cl)cc2Cl)C[C@@H]1OCc1ccc(Cl)cc1. The van der Waals surface area contributed by atoms with Gasteiger partial charge in [-0.25, -0.2) is 8.42 Å². The van der Waals surface area contributed by atoms with Crippen LogP contribution in [-0.2, 0) is 26.0 Å². The summed E-state index contributed by atoms with van der Waals surface area (Å²) in [6, 6.07) is 11.1. The lowest BCUT2D eigenvalue weighted by molar-refractivity contribution is -0.146. The first-order chi connectivity index (χ1) is 13.2. The number of hydrogen-bond acceptors (Lipinski definition) is 4. The third-order valence-electron chi connectivity index (χ3n) is 4.79. The highest BCUT2D eigenvalue weighted by Gasteiger charge is 2.46. The molecule has 0 heterocycles. The molecular formula is C19H17Cl3O5S. The van der Waals surface area contributed by atoms with Crippen LogP contribution in [0.15, 0.2) is 47.4 Å². The Morgan fingerprint density at radius 2 is 1.68 bits per heavy atom. The van der Waals surface area contributed by atoms with Crippen molar-refractivity contribution < 1.29 is 23.1 Å². The first-order valence-corrected chi connectivity index (χ1v) is 11.1. The van der Waals surface area contributed by atoms with Crippen LogP contribution in [0.3, 0.4) is 0 Å². The summed E-state index contributed by atoms with van der Waals surface area (Å²) in [6.45, 7) is 0.167. The molecule has 1 saturated carbocycles. The number of ether oxygens (including phenoxy) is 1. The molecule has 150 valence electrons. The lowest BCUT2D eigenvalue weighted by Gasteiger charge is -2.16. The van der Waals surface area contributed by atoms with Crippen molar-refractivity contribution in [1.29, 1.82) is 0 Å². The van der Waals surface area contributed by atoms with Gasteiger partial charge in [-0.1, -0.05) is 46.9 Å². The minimum absolute atomic E-state index is 0.0184. The minimum Gasteiger partial charge on any atom is -0.481 e. The second-order valence-electron chi connectivity index (χ2n) is 6.63. The number of sulfone groups is 1. The number of halogens is 3. The molecule has 0 spiro atoms. The van der Waals surface area contributed by atoms with Crippen molar-refractivity contribution >= 4 is 50.6 Å².